The highest BCUT2D eigenvalue weighted by atomic mass is 16.5. The number of ether oxygens (including phenoxy) is 1. The first kappa shape index (κ1) is 32.7. The molecule has 1 saturated carbocycles. The van der Waals surface area contributed by atoms with E-state index < -0.39 is 0 Å². The molecule has 0 unspecified atom stereocenters. The Bertz CT molecular complexity index is 968. The largest absolute Gasteiger partial charge is 0.494 e. The fraction of sp³-hybridized carbons (Fsp3) is 0.611. The van der Waals surface area contributed by atoms with E-state index in [9.17, 15) is 9.59 Å². The van der Waals surface area contributed by atoms with Crippen LogP contribution in [0.1, 0.15) is 144 Å². The molecule has 2 N–H and O–H groups in total. The van der Waals surface area contributed by atoms with Crippen molar-refractivity contribution in [2.24, 2.45) is 5.92 Å². The molecule has 0 aliphatic heterocycles. The molecule has 0 bridgehead atoms. The third-order valence-corrected chi connectivity index (χ3v) is 8.55. The molecule has 41 heavy (non-hydrogen) atoms. The Morgan fingerprint density at radius 3 is 1.76 bits per heavy atom. The van der Waals surface area contributed by atoms with Crippen LogP contribution >= 0.6 is 0 Å². The Kier molecular flexibility index (Phi) is 16.0. The maximum atomic E-state index is 12.6. The smallest absolute Gasteiger partial charge is 0.269 e. The highest BCUT2D eigenvalue weighted by Gasteiger charge is 2.27. The minimum Gasteiger partial charge on any atom is -0.494 e. The normalized spacial score (nSPS) is 16.7. The number of carbonyl (C=O) groups excluding carboxylic acids is 2. The number of hydrogen-bond donors (Lipinski definition) is 2. The molecular formula is C36H54N2O3. The molecule has 3 rings (SSSR count). The monoisotopic (exact) mass is 562 g/mol. The van der Waals surface area contributed by atoms with Crippen LogP contribution in [0.3, 0.4) is 0 Å². The fourth-order valence-corrected chi connectivity index (χ4v) is 5.90. The van der Waals surface area contributed by atoms with Crippen molar-refractivity contribution >= 4 is 11.8 Å². The fourth-order valence-electron chi connectivity index (χ4n) is 5.90. The van der Waals surface area contributed by atoms with Gasteiger partial charge in [0.05, 0.1) is 6.61 Å². The summed E-state index contributed by atoms with van der Waals surface area (Å²) in [6.45, 7) is 2.98. The number of hydrogen-bond acceptors (Lipinski definition) is 3. The second kappa shape index (κ2) is 20.1. The van der Waals surface area contributed by atoms with Crippen molar-refractivity contribution in [3.05, 3.63) is 65.7 Å². The Morgan fingerprint density at radius 2 is 1.20 bits per heavy atom. The van der Waals surface area contributed by atoms with Gasteiger partial charge in [-0.3, -0.25) is 20.4 Å². The Balaban J connectivity index is 1.18. The van der Waals surface area contributed by atoms with E-state index in [0.717, 1.165) is 37.9 Å². The lowest BCUT2D eigenvalue weighted by Gasteiger charge is -2.28. The van der Waals surface area contributed by atoms with Gasteiger partial charge < -0.3 is 4.74 Å². The van der Waals surface area contributed by atoms with E-state index in [1.165, 1.54) is 89.0 Å². The number of benzene rings is 2. The maximum absolute atomic E-state index is 12.6. The van der Waals surface area contributed by atoms with E-state index in [-0.39, 0.29) is 17.7 Å². The van der Waals surface area contributed by atoms with Gasteiger partial charge in [-0.05, 0) is 67.9 Å². The molecule has 0 saturated heterocycles. The summed E-state index contributed by atoms with van der Waals surface area (Å²) in [7, 11) is 0. The summed E-state index contributed by atoms with van der Waals surface area (Å²) in [4.78, 5) is 25.1. The zero-order valence-corrected chi connectivity index (χ0v) is 25.5. The van der Waals surface area contributed by atoms with Gasteiger partial charge in [0.1, 0.15) is 5.75 Å². The summed E-state index contributed by atoms with van der Waals surface area (Å²) in [5, 5.41) is 0. The van der Waals surface area contributed by atoms with Gasteiger partial charge in [-0.15, -0.1) is 0 Å². The summed E-state index contributed by atoms with van der Waals surface area (Å²) in [5.74, 6) is 0.828. The average molecular weight is 563 g/mol. The number of unbranched alkanes of at least 4 members (excludes halogenated alkanes) is 13. The van der Waals surface area contributed by atoms with Gasteiger partial charge in [0.2, 0.25) is 5.91 Å². The summed E-state index contributed by atoms with van der Waals surface area (Å²) in [6.07, 6.45) is 22.5. The molecule has 0 aromatic heterocycles. The molecule has 0 spiro atoms. The minimum atomic E-state index is -0.310. The van der Waals surface area contributed by atoms with E-state index in [1.807, 2.05) is 18.2 Å². The van der Waals surface area contributed by atoms with Gasteiger partial charge in [0.15, 0.2) is 0 Å². The van der Waals surface area contributed by atoms with Crippen molar-refractivity contribution in [2.45, 2.75) is 128 Å². The molecule has 5 nitrogen and oxygen atoms in total. The highest BCUT2D eigenvalue weighted by Crippen LogP contribution is 2.35. The summed E-state index contributed by atoms with van der Waals surface area (Å²) < 4.78 is 5.86. The van der Waals surface area contributed by atoms with Crippen LogP contribution in [0.25, 0.3) is 0 Å². The van der Waals surface area contributed by atoms with Crippen molar-refractivity contribution in [3.63, 3.8) is 0 Å². The first-order valence-corrected chi connectivity index (χ1v) is 16.6. The van der Waals surface area contributed by atoms with Crippen molar-refractivity contribution in [1.82, 2.24) is 10.9 Å². The van der Waals surface area contributed by atoms with Crippen LogP contribution in [0.2, 0.25) is 0 Å². The van der Waals surface area contributed by atoms with Crippen LogP contribution in [0, 0.1) is 5.92 Å². The van der Waals surface area contributed by atoms with Crippen LogP contribution in [0.5, 0.6) is 5.75 Å². The predicted octanol–water partition coefficient (Wildman–Crippen LogP) is 9.28. The Morgan fingerprint density at radius 1 is 0.659 bits per heavy atom. The first-order valence-electron chi connectivity index (χ1n) is 16.6. The SMILES string of the molecule is CCCCCCCCCCCCCCCCOc1ccc(C(=O)NNC(=O)C2CCC(c3ccccc3)CC2)cc1. The molecular weight excluding hydrogens is 508 g/mol. The zero-order valence-electron chi connectivity index (χ0n) is 25.5. The summed E-state index contributed by atoms with van der Waals surface area (Å²) >= 11 is 0. The van der Waals surface area contributed by atoms with Crippen LogP contribution in [0.15, 0.2) is 54.6 Å². The van der Waals surface area contributed by atoms with E-state index in [1.54, 1.807) is 12.1 Å². The van der Waals surface area contributed by atoms with Gasteiger partial charge >= 0.3 is 0 Å². The lowest BCUT2D eigenvalue weighted by atomic mass is 9.78. The lowest BCUT2D eigenvalue weighted by Crippen LogP contribution is -2.45. The van der Waals surface area contributed by atoms with Crippen LogP contribution in [-0.2, 0) is 4.79 Å². The second-order valence-electron chi connectivity index (χ2n) is 11.9. The number of hydrazine groups is 1. The van der Waals surface area contributed by atoms with E-state index in [0.29, 0.717) is 18.1 Å². The molecule has 1 aliphatic carbocycles. The van der Waals surface area contributed by atoms with E-state index >= 15 is 0 Å². The molecule has 1 fully saturated rings. The Labute approximate surface area is 249 Å². The molecule has 0 atom stereocenters. The van der Waals surface area contributed by atoms with Crippen molar-refractivity contribution < 1.29 is 14.3 Å². The third kappa shape index (κ3) is 13.1. The zero-order chi connectivity index (χ0) is 29.0. The highest BCUT2D eigenvalue weighted by molar-refractivity contribution is 5.95. The number of amides is 2. The minimum absolute atomic E-state index is 0.0547. The molecule has 0 heterocycles. The van der Waals surface area contributed by atoms with Crippen molar-refractivity contribution in [3.8, 4) is 5.75 Å². The van der Waals surface area contributed by atoms with Gasteiger partial charge in [0.25, 0.3) is 5.91 Å². The second-order valence-corrected chi connectivity index (χ2v) is 11.9. The van der Waals surface area contributed by atoms with Crippen LogP contribution in [-0.4, -0.2) is 18.4 Å². The number of nitrogens with one attached hydrogen (secondary N) is 2. The van der Waals surface area contributed by atoms with E-state index in [4.69, 9.17) is 4.74 Å². The third-order valence-electron chi connectivity index (χ3n) is 8.55. The topological polar surface area (TPSA) is 67.4 Å². The van der Waals surface area contributed by atoms with E-state index in [2.05, 4.69) is 42.0 Å². The van der Waals surface area contributed by atoms with Gasteiger partial charge in [-0.1, -0.05) is 121 Å². The van der Waals surface area contributed by atoms with Crippen molar-refractivity contribution in [1.29, 1.82) is 0 Å². The number of carbonyl (C=O) groups is 2. The quantitative estimate of drug-likeness (QED) is 0.132. The lowest BCUT2D eigenvalue weighted by molar-refractivity contribution is -0.126. The molecule has 2 aromatic rings. The van der Waals surface area contributed by atoms with Gasteiger partial charge in [-0.2, -0.15) is 0 Å². The molecule has 5 heteroatoms. The summed E-state index contributed by atoms with van der Waals surface area (Å²) in [6, 6.07) is 17.7. The average Bonchev–Trinajstić information content (AvgIpc) is 3.02. The maximum Gasteiger partial charge on any atom is 0.269 e. The predicted molar refractivity (Wildman–Crippen MR) is 169 cm³/mol. The molecule has 1 aliphatic rings. The molecule has 226 valence electrons. The van der Waals surface area contributed by atoms with Gasteiger partial charge in [0, 0.05) is 11.5 Å². The van der Waals surface area contributed by atoms with Crippen LogP contribution < -0.4 is 15.6 Å². The number of rotatable bonds is 19. The van der Waals surface area contributed by atoms with Gasteiger partial charge in [-0.25, -0.2) is 0 Å². The standard InChI is InChI=1S/C36H54N2O3/c1-2-3-4-5-6-7-8-9-10-11-12-13-14-18-29-41-34-27-25-33(26-28-34)36(40)38-37-35(39)32-23-21-31(22-24-32)30-19-16-15-17-20-30/h15-17,19-20,25-28,31-32H,2-14,18,21-24,29H2,1H3,(H,37,39)(H,38,40). The van der Waals surface area contributed by atoms with Crippen LogP contribution in [0.4, 0.5) is 0 Å². The Hall–Kier alpha value is -2.82. The molecule has 2 amide bonds. The molecule has 2 aromatic carbocycles. The summed E-state index contributed by atoms with van der Waals surface area (Å²) in [5.41, 5.74) is 7.07. The first-order chi connectivity index (χ1) is 20.2. The molecule has 0 radical (unpaired) electrons. The van der Waals surface area contributed by atoms with Crippen molar-refractivity contribution in [2.75, 3.05) is 6.61 Å².